The summed E-state index contributed by atoms with van der Waals surface area (Å²) < 4.78 is 5.65. The highest BCUT2D eigenvalue weighted by Crippen LogP contribution is 2.51. The van der Waals surface area contributed by atoms with Gasteiger partial charge in [-0.05, 0) is 19.8 Å². The Morgan fingerprint density at radius 1 is 1.35 bits per heavy atom. The van der Waals surface area contributed by atoms with E-state index in [-0.39, 0.29) is 53.5 Å². The molecule has 0 aromatic rings. The normalized spacial score (nSPS) is 25.9. The maximum absolute atomic E-state index is 11.7. The molecule has 1 fully saturated rings. The summed E-state index contributed by atoms with van der Waals surface area (Å²) in [6.07, 6.45) is 1.93. The van der Waals surface area contributed by atoms with Crippen molar-refractivity contribution in [2.75, 3.05) is 34.3 Å². The van der Waals surface area contributed by atoms with Crippen molar-refractivity contribution in [2.45, 2.75) is 52.2 Å². The van der Waals surface area contributed by atoms with Gasteiger partial charge in [0.15, 0.2) is 5.96 Å². The van der Waals surface area contributed by atoms with Gasteiger partial charge in [-0.1, -0.05) is 20.8 Å². The van der Waals surface area contributed by atoms with Gasteiger partial charge in [-0.25, -0.2) is 4.99 Å². The molecule has 1 aliphatic carbocycles. The number of hydrogen-bond acceptors (Lipinski definition) is 3. The predicted molar refractivity (Wildman–Crippen MR) is 105 cm³/mol. The number of nitrogens with zero attached hydrogens (tertiary/aromatic N) is 2. The van der Waals surface area contributed by atoms with E-state index in [4.69, 9.17) is 4.74 Å². The molecule has 0 spiro atoms. The number of carbonyl (C=O) groups excluding carboxylic acids is 1. The van der Waals surface area contributed by atoms with E-state index >= 15 is 0 Å². The number of carbonyl (C=O) groups is 1. The standard InChI is InChI=1S/C16H32N4O2.HI/c1-8-9-17-14(18-11-13(21)20(5)6)19-12-10-16(4,22-7)15(12,2)3;/h12H,8-11H2,1-7H3,(H2,17,18,19);1H. The Morgan fingerprint density at radius 2 is 1.96 bits per heavy atom. The lowest BCUT2D eigenvalue weighted by molar-refractivity contribution is -0.176. The Bertz CT molecular complexity index is 426. The first-order chi connectivity index (χ1) is 10.2. The van der Waals surface area contributed by atoms with Crippen molar-refractivity contribution in [2.24, 2.45) is 10.4 Å². The molecule has 1 rings (SSSR count). The fraction of sp³-hybridized carbons (Fsp3) is 0.875. The first kappa shape index (κ1) is 22.4. The largest absolute Gasteiger partial charge is 0.378 e. The van der Waals surface area contributed by atoms with Crippen LogP contribution in [0.2, 0.25) is 0 Å². The molecule has 23 heavy (non-hydrogen) atoms. The summed E-state index contributed by atoms with van der Waals surface area (Å²) in [6, 6.07) is 0.273. The van der Waals surface area contributed by atoms with Crippen molar-refractivity contribution in [3.05, 3.63) is 0 Å². The number of likely N-dealkylation sites (N-methyl/N-ethyl adjacent to an activating group) is 1. The monoisotopic (exact) mass is 440 g/mol. The van der Waals surface area contributed by atoms with Gasteiger partial charge in [0.2, 0.25) is 5.91 Å². The zero-order valence-electron chi connectivity index (χ0n) is 15.5. The van der Waals surface area contributed by atoms with Crippen molar-refractivity contribution in [3.63, 3.8) is 0 Å². The molecule has 2 N–H and O–H groups in total. The summed E-state index contributed by atoms with van der Waals surface area (Å²) in [5, 5.41) is 6.72. The number of guanidine groups is 1. The Kier molecular flexibility index (Phi) is 8.83. The lowest BCUT2D eigenvalue weighted by atomic mass is 9.56. The van der Waals surface area contributed by atoms with Gasteiger partial charge in [0.25, 0.3) is 0 Å². The Labute approximate surface area is 157 Å². The third-order valence-electron chi connectivity index (χ3n) is 5.00. The summed E-state index contributed by atoms with van der Waals surface area (Å²) in [5.74, 6) is 0.695. The molecule has 6 nitrogen and oxygen atoms in total. The molecule has 2 atom stereocenters. The molecule has 136 valence electrons. The van der Waals surface area contributed by atoms with Crippen LogP contribution in [0.25, 0.3) is 0 Å². The van der Waals surface area contributed by atoms with Crippen LogP contribution in [0.3, 0.4) is 0 Å². The Balaban J connectivity index is 0.00000484. The fourth-order valence-electron chi connectivity index (χ4n) is 2.57. The number of hydrogen-bond donors (Lipinski definition) is 2. The summed E-state index contributed by atoms with van der Waals surface area (Å²) in [5.41, 5.74) is -0.123. The topological polar surface area (TPSA) is 66.0 Å². The molecule has 0 heterocycles. The van der Waals surface area contributed by atoms with Crippen molar-refractivity contribution in [1.29, 1.82) is 0 Å². The molecule has 1 saturated carbocycles. The summed E-state index contributed by atoms with van der Waals surface area (Å²) in [6.45, 7) is 9.61. The highest BCUT2D eigenvalue weighted by molar-refractivity contribution is 14.0. The number of methoxy groups -OCH3 is 1. The molecule has 1 amide bonds. The molecular formula is C16H33IN4O2. The summed E-state index contributed by atoms with van der Waals surface area (Å²) >= 11 is 0. The number of halogens is 1. The summed E-state index contributed by atoms with van der Waals surface area (Å²) in [4.78, 5) is 17.7. The van der Waals surface area contributed by atoms with E-state index in [9.17, 15) is 4.79 Å². The van der Waals surface area contributed by atoms with E-state index in [1.165, 1.54) is 0 Å². The number of aliphatic imine (C=N–C) groups is 1. The first-order valence-electron chi connectivity index (χ1n) is 7.98. The van der Waals surface area contributed by atoms with Gasteiger partial charge in [0.1, 0.15) is 6.54 Å². The maximum Gasteiger partial charge on any atom is 0.243 e. The quantitative estimate of drug-likeness (QED) is 0.376. The van der Waals surface area contributed by atoms with E-state index in [2.05, 4.69) is 43.3 Å². The molecule has 0 saturated heterocycles. The van der Waals surface area contributed by atoms with Crippen molar-refractivity contribution >= 4 is 35.8 Å². The molecule has 7 heteroatoms. The molecule has 0 radical (unpaired) electrons. The van der Waals surface area contributed by atoms with Crippen molar-refractivity contribution in [1.82, 2.24) is 15.5 Å². The third kappa shape index (κ3) is 5.20. The molecular weight excluding hydrogens is 407 g/mol. The second-order valence-electron chi connectivity index (χ2n) is 6.94. The maximum atomic E-state index is 11.7. The molecule has 1 aliphatic rings. The van der Waals surface area contributed by atoms with E-state index in [0.717, 1.165) is 19.4 Å². The lowest BCUT2D eigenvalue weighted by Crippen LogP contribution is -2.69. The zero-order valence-corrected chi connectivity index (χ0v) is 17.9. The zero-order chi connectivity index (χ0) is 17.0. The van der Waals surface area contributed by atoms with Gasteiger partial charge in [-0.15, -0.1) is 24.0 Å². The number of rotatable bonds is 6. The molecule has 2 unspecified atom stereocenters. The SMILES string of the molecule is CCCNC(=NCC(=O)N(C)C)NC1CC(C)(OC)C1(C)C.I. The Morgan fingerprint density at radius 3 is 2.39 bits per heavy atom. The molecule has 0 aliphatic heterocycles. The van der Waals surface area contributed by atoms with Gasteiger partial charge < -0.3 is 20.3 Å². The van der Waals surface area contributed by atoms with Crippen molar-refractivity contribution in [3.8, 4) is 0 Å². The van der Waals surface area contributed by atoms with E-state index < -0.39 is 0 Å². The highest BCUT2D eigenvalue weighted by atomic mass is 127. The highest BCUT2D eigenvalue weighted by Gasteiger charge is 2.58. The van der Waals surface area contributed by atoms with Gasteiger partial charge in [-0.3, -0.25) is 4.79 Å². The van der Waals surface area contributed by atoms with Crippen molar-refractivity contribution < 1.29 is 9.53 Å². The molecule has 0 bridgehead atoms. The Hall–Kier alpha value is -0.570. The lowest BCUT2D eigenvalue weighted by Gasteiger charge is -2.59. The van der Waals surface area contributed by atoms with Gasteiger partial charge in [0.05, 0.1) is 5.60 Å². The van der Waals surface area contributed by atoms with Crippen LogP contribution in [0.1, 0.15) is 40.5 Å². The van der Waals surface area contributed by atoms with Crippen LogP contribution in [0.4, 0.5) is 0 Å². The van der Waals surface area contributed by atoms with Gasteiger partial charge in [0, 0.05) is 39.2 Å². The fourth-order valence-corrected chi connectivity index (χ4v) is 2.57. The van der Waals surface area contributed by atoms with Crippen LogP contribution in [-0.4, -0.2) is 62.7 Å². The second kappa shape index (κ2) is 9.05. The van der Waals surface area contributed by atoms with Gasteiger partial charge >= 0.3 is 0 Å². The average Bonchev–Trinajstić information content (AvgIpc) is 2.47. The third-order valence-corrected chi connectivity index (χ3v) is 5.00. The second-order valence-corrected chi connectivity index (χ2v) is 6.94. The number of ether oxygens (including phenoxy) is 1. The number of amides is 1. The molecule has 0 aromatic carbocycles. The summed E-state index contributed by atoms with van der Waals surface area (Å²) in [7, 11) is 5.24. The first-order valence-corrected chi connectivity index (χ1v) is 7.98. The van der Waals surface area contributed by atoms with Crippen LogP contribution in [0.5, 0.6) is 0 Å². The molecule has 0 aromatic heterocycles. The van der Waals surface area contributed by atoms with Crippen LogP contribution in [-0.2, 0) is 9.53 Å². The van der Waals surface area contributed by atoms with E-state index in [0.29, 0.717) is 5.96 Å². The van der Waals surface area contributed by atoms with E-state index in [1.54, 1.807) is 26.1 Å². The minimum Gasteiger partial charge on any atom is -0.378 e. The van der Waals surface area contributed by atoms with Crippen LogP contribution >= 0.6 is 24.0 Å². The smallest absolute Gasteiger partial charge is 0.243 e. The minimum atomic E-state index is -0.125. The van der Waals surface area contributed by atoms with Crippen LogP contribution < -0.4 is 10.6 Å². The van der Waals surface area contributed by atoms with Crippen LogP contribution in [0, 0.1) is 5.41 Å². The minimum absolute atomic E-state index is 0. The predicted octanol–water partition coefficient (Wildman–Crippen LogP) is 1.84. The van der Waals surface area contributed by atoms with Crippen LogP contribution in [0.15, 0.2) is 4.99 Å². The van der Waals surface area contributed by atoms with E-state index in [1.807, 2.05) is 0 Å². The number of nitrogens with one attached hydrogen (secondary N) is 2. The average molecular weight is 440 g/mol. The van der Waals surface area contributed by atoms with Gasteiger partial charge in [-0.2, -0.15) is 0 Å².